The number of hydrogen-bond donors (Lipinski definition) is 0. The molecule has 3 nitrogen and oxygen atoms in total. The van der Waals surface area contributed by atoms with E-state index in [2.05, 4.69) is 0 Å². The topological polar surface area (TPSA) is 35.5 Å². The molecule has 2 fully saturated rings. The molecule has 0 saturated carbocycles. The number of carbonyl (C=O) groups excluding carboxylic acids is 1. The van der Waals surface area contributed by atoms with Crippen LogP contribution in [0.3, 0.4) is 0 Å². The van der Waals surface area contributed by atoms with E-state index in [1.54, 1.807) is 0 Å². The van der Waals surface area contributed by atoms with Crippen LogP contribution in [0.25, 0.3) is 0 Å². The Morgan fingerprint density at radius 1 is 1.19 bits per heavy atom. The molecule has 2 saturated heterocycles. The first kappa shape index (κ1) is 10.00. The summed E-state index contributed by atoms with van der Waals surface area (Å²) in [5.41, 5.74) is 1.09. The third-order valence-corrected chi connectivity index (χ3v) is 3.40. The number of fused-ring (bicyclic) bond motifs is 2. The molecular formula is C13H14O3. The van der Waals surface area contributed by atoms with Gasteiger partial charge in [0, 0.05) is 5.92 Å². The summed E-state index contributed by atoms with van der Waals surface area (Å²) in [5.74, 6) is 0.184. The minimum absolute atomic E-state index is 0.0658. The molecule has 3 heteroatoms. The molecule has 0 spiro atoms. The van der Waals surface area contributed by atoms with Crippen LogP contribution >= 0.6 is 0 Å². The molecule has 4 atom stereocenters. The summed E-state index contributed by atoms with van der Waals surface area (Å²) in [6, 6.07) is 9.97. The van der Waals surface area contributed by atoms with Gasteiger partial charge in [-0.25, -0.2) is 0 Å². The normalized spacial score (nSPS) is 37.7. The lowest BCUT2D eigenvalue weighted by molar-refractivity contribution is -0.146. The second-order valence-electron chi connectivity index (χ2n) is 4.46. The average molecular weight is 218 g/mol. The van der Waals surface area contributed by atoms with Gasteiger partial charge in [-0.2, -0.15) is 0 Å². The molecule has 16 heavy (non-hydrogen) atoms. The first-order valence-corrected chi connectivity index (χ1v) is 5.64. The Bertz CT molecular complexity index is 401. The van der Waals surface area contributed by atoms with Crippen molar-refractivity contribution in [3.63, 3.8) is 0 Å². The first-order chi connectivity index (χ1) is 7.75. The highest BCUT2D eigenvalue weighted by molar-refractivity contribution is 5.82. The van der Waals surface area contributed by atoms with Crippen molar-refractivity contribution < 1.29 is 14.3 Å². The maximum Gasteiger partial charge on any atom is 0.165 e. The van der Waals surface area contributed by atoms with Crippen LogP contribution in [0.2, 0.25) is 0 Å². The van der Waals surface area contributed by atoms with Crippen LogP contribution in [0, 0.1) is 5.92 Å². The van der Waals surface area contributed by atoms with Gasteiger partial charge in [0.05, 0.1) is 6.42 Å². The highest BCUT2D eigenvalue weighted by atomic mass is 16.7. The zero-order valence-corrected chi connectivity index (χ0v) is 9.13. The molecule has 1 aromatic rings. The van der Waals surface area contributed by atoms with E-state index >= 15 is 0 Å². The van der Waals surface area contributed by atoms with E-state index in [9.17, 15) is 4.79 Å². The fourth-order valence-electron chi connectivity index (χ4n) is 2.44. The molecule has 2 aliphatic rings. The molecule has 0 aliphatic carbocycles. The summed E-state index contributed by atoms with van der Waals surface area (Å²) in [4.78, 5) is 11.7. The van der Waals surface area contributed by atoms with E-state index in [-0.39, 0.29) is 30.2 Å². The lowest BCUT2D eigenvalue weighted by Gasteiger charge is -2.24. The van der Waals surface area contributed by atoms with Crippen LogP contribution in [-0.2, 0) is 14.3 Å². The largest absolute Gasteiger partial charge is 0.345 e. The number of rotatable bonds is 1. The van der Waals surface area contributed by atoms with E-state index in [0.29, 0.717) is 6.42 Å². The van der Waals surface area contributed by atoms with Crippen molar-refractivity contribution >= 4 is 5.78 Å². The van der Waals surface area contributed by atoms with Gasteiger partial charge in [0.15, 0.2) is 6.29 Å². The number of carbonyl (C=O) groups is 1. The molecule has 1 aromatic carbocycles. The standard InChI is InChI=1S/C13H14O3/c1-8-10(14)7-11-15-12(8)13(16-11)9-5-3-2-4-6-9/h2-6,8,11-13H,7H2,1H3/t8-,11+,12+,13+/m0/s1. The van der Waals surface area contributed by atoms with Gasteiger partial charge in [-0.15, -0.1) is 0 Å². The average Bonchev–Trinajstić information content (AvgIpc) is 2.67. The number of Topliss-reactive ketones (excluding diaryl/α,β-unsaturated/α-hetero) is 1. The van der Waals surface area contributed by atoms with Crippen LogP contribution in [0.15, 0.2) is 30.3 Å². The van der Waals surface area contributed by atoms with E-state index in [0.717, 1.165) is 5.56 Å². The Kier molecular flexibility index (Phi) is 2.30. The number of ketones is 1. The molecule has 2 heterocycles. The van der Waals surface area contributed by atoms with Gasteiger partial charge in [0.1, 0.15) is 18.0 Å². The summed E-state index contributed by atoms with van der Waals surface area (Å²) in [7, 11) is 0. The fourth-order valence-corrected chi connectivity index (χ4v) is 2.44. The minimum Gasteiger partial charge on any atom is -0.345 e. The van der Waals surface area contributed by atoms with Crippen molar-refractivity contribution in [3.05, 3.63) is 35.9 Å². The van der Waals surface area contributed by atoms with Gasteiger partial charge in [0.2, 0.25) is 0 Å². The summed E-state index contributed by atoms with van der Waals surface area (Å²) in [5, 5.41) is 0. The van der Waals surface area contributed by atoms with Crippen LogP contribution in [-0.4, -0.2) is 18.2 Å². The van der Waals surface area contributed by atoms with E-state index in [1.807, 2.05) is 37.3 Å². The van der Waals surface area contributed by atoms with Crippen LogP contribution in [0.1, 0.15) is 25.0 Å². The zero-order chi connectivity index (χ0) is 11.1. The number of ether oxygens (including phenoxy) is 2. The lowest BCUT2D eigenvalue weighted by Crippen LogP contribution is -2.35. The van der Waals surface area contributed by atoms with Gasteiger partial charge in [-0.3, -0.25) is 4.79 Å². The zero-order valence-electron chi connectivity index (χ0n) is 9.13. The monoisotopic (exact) mass is 218 g/mol. The smallest absolute Gasteiger partial charge is 0.165 e. The summed E-state index contributed by atoms with van der Waals surface area (Å²) < 4.78 is 11.5. The number of hydrogen-bond acceptors (Lipinski definition) is 3. The summed E-state index contributed by atoms with van der Waals surface area (Å²) >= 11 is 0. The molecule has 0 unspecified atom stereocenters. The third-order valence-electron chi connectivity index (χ3n) is 3.40. The highest BCUT2D eigenvalue weighted by Crippen LogP contribution is 2.41. The summed E-state index contributed by atoms with van der Waals surface area (Å²) in [6.07, 6.45) is -0.152. The third kappa shape index (κ3) is 1.47. The highest BCUT2D eigenvalue weighted by Gasteiger charge is 2.47. The second kappa shape index (κ2) is 3.68. The van der Waals surface area contributed by atoms with Gasteiger partial charge in [-0.1, -0.05) is 37.3 Å². The van der Waals surface area contributed by atoms with Gasteiger partial charge in [-0.05, 0) is 5.56 Å². The van der Waals surface area contributed by atoms with Gasteiger partial charge < -0.3 is 9.47 Å². The first-order valence-electron chi connectivity index (χ1n) is 5.64. The molecule has 2 aliphatic heterocycles. The van der Waals surface area contributed by atoms with Crippen molar-refractivity contribution in [2.45, 2.75) is 31.8 Å². The summed E-state index contributed by atoms with van der Waals surface area (Å²) in [6.45, 7) is 1.92. The molecule has 3 rings (SSSR count). The predicted octanol–water partition coefficient (Wildman–Crippen LogP) is 2.08. The lowest BCUT2D eigenvalue weighted by atomic mass is 9.90. The van der Waals surface area contributed by atoms with Crippen molar-refractivity contribution in [2.24, 2.45) is 5.92 Å². The van der Waals surface area contributed by atoms with E-state index in [4.69, 9.17) is 9.47 Å². The van der Waals surface area contributed by atoms with Crippen LogP contribution < -0.4 is 0 Å². The van der Waals surface area contributed by atoms with Crippen molar-refractivity contribution in [1.82, 2.24) is 0 Å². The maximum absolute atomic E-state index is 11.7. The molecule has 0 amide bonds. The Balaban J connectivity index is 1.91. The van der Waals surface area contributed by atoms with Crippen molar-refractivity contribution in [2.75, 3.05) is 0 Å². The van der Waals surface area contributed by atoms with Crippen LogP contribution in [0.5, 0.6) is 0 Å². The minimum atomic E-state index is -0.334. The van der Waals surface area contributed by atoms with Crippen molar-refractivity contribution in [3.8, 4) is 0 Å². The Hall–Kier alpha value is -1.19. The Morgan fingerprint density at radius 2 is 1.94 bits per heavy atom. The van der Waals surface area contributed by atoms with Gasteiger partial charge in [0.25, 0.3) is 0 Å². The molecule has 0 radical (unpaired) electrons. The van der Waals surface area contributed by atoms with Gasteiger partial charge >= 0.3 is 0 Å². The van der Waals surface area contributed by atoms with E-state index in [1.165, 1.54) is 0 Å². The SMILES string of the molecule is C[C@H]1C(=O)C[C@@H]2O[C@H]1[C@@H](c1ccccc1)O2. The maximum atomic E-state index is 11.7. The molecule has 2 bridgehead atoms. The van der Waals surface area contributed by atoms with E-state index < -0.39 is 0 Å². The molecule has 0 aromatic heterocycles. The Labute approximate surface area is 94.4 Å². The molecule has 0 N–H and O–H groups in total. The fraction of sp³-hybridized carbons (Fsp3) is 0.462. The Morgan fingerprint density at radius 3 is 2.69 bits per heavy atom. The molecular weight excluding hydrogens is 204 g/mol. The van der Waals surface area contributed by atoms with Crippen molar-refractivity contribution in [1.29, 1.82) is 0 Å². The van der Waals surface area contributed by atoms with Crippen LogP contribution in [0.4, 0.5) is 0 Å². The molecule has 84 valence electrons. The second-order valence-corrected chi connectivity index (χ2v) is 4.46. The number of benzene rings is 1. The predicted molar refractivity (Wildman–Crippen MR) is 57.7 cm³/mol. The quantitative estimate of drug-likeness (QED) is 0.724.